The van der Waals surface area contributed by atoms with E-state index in [9.17, 15) is 27.9 Å². The number of hydrogen-bond donors (Lipinski definition) is 3. The predicted molar refractivity (Wildman–Crippen MR) is 161 cm³/mol. The molecule has 13 heteroatoms. The number of nitrogens with one attached hydrogen (secondary N) is 1. The molecule has 6 rings (SSSR count). The summed E-state index contributed by atoms with van der Waals surface area (Å²) >= 11 is 0. The number of rotatable bonds is 7. The van der Waals surface area contributed by atoms with Gasteiger partial charge in [0.05, 0.1) is 0 Å². The van der Waals surface area contributed by atoms with Crippen LogP contribution in [-0.4, -0.2) is 76.8 Å². The first-order chi connectivity index (χ1) is 21.5. The van der Waals surface area contributed by atoms with Gasteiger partial charge in [-0.1, -0.05) is 36.4 Å². The van der Waals surface area contributed by atoms with E-state index in [2.05, 4.69) is 15.3 Å². The molecule has 1 amide bonds. The monoisotopic (exact) mass is 624 g/mol. The zero-order chi connectivity index (χ0) is 31.8. The number of likely N-dealkylation sites (tertiary alicyclic amines) is 1. The van der Waals surface area contributed by atoms with Gasteiger partial charge in [0.25, 0.3) is 5.91 Å². The number of halogens is 3. The van der Waals surface area contributed by atoms with Gasteiger partial charge in [-0.2, -0.15) is 23.1 Å². The first-order valence-corrected chi connectivity index (χ1v) is 15.1. The number of aromatic nitrogens is 2. The van der Waals surface area contributed by atoms with Crippen molar-refractivity contribution in [3.05, 3.63) is 65.7 Å². The van der Waals surface area contributed by atoms with Crippen molar-refractivity contribution in [3.8, 4) is 17.0 Å². The van der Waals surface area contributed by atoms with Gasteiger partial charge in [0, 0.05) is 49.9 Å². The van der Waals surface area contributed by atoms with E-state index in [1.807, 2.05) is 9.80 Å². The molecule has 2 atom stereocenters. The van der Waals surface area contributed by atoms with Gasteiger partial charge in [-0.25, -0.2) is 0 Å². The van der Waals surface area contributed by atoms with Crippen LogP contribution in [0.25, 0.3) is 11.1 Å². The molecular weight excluding hydrogens is 589 g/mol. The van der Waals surface area contributed by atoms with E-state index in [0.717, 1.165) is 31.5 Å². The second-order valence-electron chi connectivity index (χ2n) is 12.1. The van der Waals surface area contributed by atoms with Gasteiger partial charge in [0.1, 0.15) is 11.9 Å². The van der Waals surface area contributed by atoms with Crippen molar-refractivity contribution in [2.75, 3.05) is 43.4 Å². The Hall–Kier alpha value is -4.39. The number of anilines is 2. The van der Waals surface area contributed by atoms with Crippen LogP contribution in [0.15, 0.2) is 54.6 Å². The number of alkyl halides is 3. The summed E-state index contributed by atoms with van der Waals surface area (Å²) in [6.07, 6.45) is -3.09. The molecule has 3 aliphatic rings. The molecule has 3 aliphatic heterocycles. The number of nitrogens with two attached hydrogens (primary N) is 1. The Morgan fingerprint density at radius 1 is 0.978 bits per heavy atom. The quantitative estimate of drug-likeness (QED) is 0.343. The third kappa shape index (κ3) is 6.68. The molecule has 0 saturated carbocycles. The lowest BCUT2D eigenvalue weighted by Gasteiger charge is -2.39. The first-order valence-electron chi connectivity index (χ1n) is 15.1. The zero-order valence-electron chi connectivity index (χ0n) is 24.6. The second kappa shape index (κ2) is 12.2. The molecular formula is C32H35F3N6O4. The minimum atomic E-state index is -4.74. The minimum absolute atomic E-state index is 0.0164. The molecule has 1 unspecified atom stereocenters. The van der Waals surface area contributed by atoms with Crippen molar-refractivity contribution >= 4 is 23.6 Å². The van der Waals surface area contributed by atoms with Gasteiger partial charge in [0.15, 0.2) is 0 Å². The van der Waals surface area contributed by atoms with Crippen LogP contribution >= 0.6 is 0 Å². The summed E-state index contributed by atoms with van der Waals surface area (Å²) in [5, 5.41) is 12.4. The van der Waals surface area contributed by atoms with Crippen LogP contribution in [-0.2, 0) is 4.79 Å². The van der Waals surface area contributed by atoms with Crippen molar-refractivity contribution in [1.29, 1.82) is 0 Å². The lowest BCUT2D eigenvalue weighted by atomic mass is 9.76. The normalized spacial score (nSPS) is 20.4. The lowest BCUT2D eigenvalue weighted by molar-refractivity contribution is -0.198. The molecule has 10 nitrogen and oxygen atoms in total. The number of piperidine rings is 1. The summed E-state index contributed by atoms with van der Waals surface area (Å²) in [6, 6.07) is 13.8. The van der Waals surface area contributed by atoms with Gasteiger partial charge in [-0.05, 0) is 60.8 Å². The SMILES string of the molecule is Nc1nc(OC(c2ccc(-c3ccc(C(=O)N4CCCC4)cc3)cc2)C(F)(F)F)cc(N2CCC3(CC2)CN[C@H](C(=O)O)C3)n1. The predicted octanol–water partition coefficient (Wildman–Crippen LogP) is 4.68. The van der Waals surface area contributed by atoms with Gasteiger partial charge in [-0.3, -0.25) is 9.59 Å². The topological polar surface area (TPSA) is 134 Å². The van der Waals surface area contributed by atoms with E-state index >= 15 is 0 Å². The second-order valence-corrected chi connectivity index (χ2v) is 12.1. The van der Waals surface area contributed by atoms with E-state index in [-0.39, 0.29) is 28.7 Å². The zero-order valence-corrected chi connectivity index (χ0v) is 24.6. The molecule has 3 fully saturated rings. The van der Waals surface area contributed by atoms with E-state index in [4.69, 9.17) is 10.5 Å². The smallest absolute Gasteiger partial charge is 0.429 e. The fraction of sp³-hybridized carbons (Fsp3) is 0.438. The summed E-state index contributed by atoms with van der Waals surface area (Å²) in [5.41, 5.74) is 7.70. The Morgan fingerprint density at radius 3 is 2.18 bits per heavy atom. The van der Waals surface area contributed by atoms with Gasteiger partial charge < -0.3 is 30.7 Å². The summed E-state index contributed by atoms with van der Waals surface area (Å²) in [7, 11) is 0. The summed E-state index contributed by atoms with van der Waals surface area (Å²) in [4.78, 5) is 35.9. The standard InChI is InChI=1S/C32H35F3N6O4/c33-32(34,35)27(22-7-3-20(4-8-22)21-5-9-23(10-6-21)28(42)41-13-1-2-14-41)45-26-17-25(38-30(36)39-26)40-15-11-31(12-16-40)18-24(29(43)44)37-19-31/h3-10,17,24,27,37H,1-2,11-16,18-19H2,(H,43,44)(H2,36,38,39)/t24-,27?/m0/s1. The average molecular weight is 625 g/mol. The van der Waals surface area contributed by atoms with Crippen molar-refractivity contribution in [1.82, 2.24) is 20.2 Å². The molecule has 4 heterocycles. The van der Waals surface area contributed by atoms with Crippen LogP contribution in [0.5, 0.6) is 5.88 Å². The molecule has 3 aromatic rings. The number of hydrogen-bond acceptors (Lipinski definition) is 8. The molecule has 238 valence electrons. The molecule has 4 N–H and O–H groups in total. The Morgan fingerprint density at radius 2 is 1.60 bits per heavy atom. The van der Waals surface area contributed by atoms with Crippen LogP contribution in [0.3, 0.4) is 0 Å². The molecule has 1 spiro atoms. The number of nitrogens with zero attached hydrogens (tertiary/aromatic N) is 4. The van der Waals surface area contributed by atoms with Gasteiger partial charge >= 0.3 is 12.1 Å². The van der Waals surface area contributed by atoms with E-state index < -0.39 is 24.3 Å². The number of nitrogen functional groups attached to an aromatic ring is 1. The highest BCUT2D eigenvalue weighted by Crippen LogP contribution is 2.41. The van der Waals surface area contributed by atoms with Crippen molar-refractivity contribution in [3.63, 3.8) is 0 Å². The van der Waals surface area contributed by atoms with E-state index in [1.165, 1.54) is 18.2 Å². The number of carbonyl (C=O) groups excluding carboxylic acids is 1. The van der Waals surface area contributed by atoms with Crippen LogP contribution in [0.2, 0.25) is 0 Å². The lowest BCUT2D eigenvalue weighted by Crippen LogP contribution is -2.41. The first kappa shape index (κ1) is 30.6. The maximum Gasteiger partial charge on any atom is 0.429 e. The Balaban J connectivity index is 1.15. The van der Waals surface area contributed by atoms with E-state index in [1.54, 1.807) is 36.4 Å². The molecule has 0 radical (unpaired) electrons. The van der Waals surface area contributed by atoms with Crippen molar-refractivity contribution < 1.29 is 32.6 Å². The maximum absolute atomic E-state index is 14.3. The molecule has 45 heavy (non-hydrogen) atoms. The third-order valence-corrected chi connectivity index (χ3v) is 9.12. The van der Waals surface area contributed by atoms with Gasteiger partial charge in [-0.15, -0.1) is 0 Å². The number of ether oxygens (including phenoxy) is 1. The minimum Gasteiger partial charge on any atom is -0.480 e. The largest absolute Gasteiger partial charge is 0.480 e. The maximum atomic E-state index is 14.3. The third-order valence-electron chi connectivity index (χ3n) is 9.12. The fourth-order valence-corrected chi connectivity index (χ4v) is 6.54. The molecule has 0 bridgehead atoms. The molecule has 0 aliphatic carbocycles. The van der Waals surface area contributed by atoms with Crippen LogP contribution in [0.1, 0.15) is 54.1 Å². The molecule has 1 aromatic heterocycles. The summed E-state index contributed by atoms with van der Waals surface area (Å²) in [5.74, 6) is -1.03. The highest BCUT2D eigenvalue weighted by Gasteiger charge is 2.45. The number of aliphatic carboxylic acids is 1. The highest BCUT2D eigenvalue weighted by molar-refractivity contribution is 5.94. The molecule has 3 saturated heterocycles. The number of carbonyl (C=O) groups is 2. The van der Waals surface area contributed by atoms with Crippen LogP contribution in [0, 0.1) is 5.41 Å². The number of benzene rings is 2. The van der Waals surface area contributed by atoms with Crippen molar-refractivity contribution in [2.45, 2.75) is 50.4 Å². The van der Waals surface area contributed by atoms with Crippen LogP contribution < -0.4 is 20.7 Å². The molecule has 2 aromatic carbocycles. The van der Waals surface area contributed by atoms with E-state index in [0.29, 0.717) is 55.8 Å². The van der Waals surface area contributed by atoms with Crippen LogP contribution in [0.4, 0.5) is 24.9 Å². The van der Waals surface area contributed by atoms with Gasteiger partial charge in [0.2, 0.25) is 17.9 Å². The Labute approximate surface area is 258 Å². The Bertz CT molecular complexity index is 1540. The average Bonchev–Trinajstić information content (AvgIpc) is 3.71. The summed E-state index contributed by atoms with van der Waals surface area (Å²) in [6.45, 7) is 3.19. The number of carboxylic acids is 1. The fourth-order valence-electron chi connectivity index (χ4n) is 6.54. The number of carboxylic acid groups (broad SMARTS) is 1. The number of amides is 1. The Kier molecular flexibility index (Phi) is 8.29. The summed E-state index contributed by atoms with van der Waals surface area (Å²) < 4.78 is 48.3. The highest BCUT2D eigenvalue weighted by atomic mass is 19.4. The van der Waals surface area contributed by atoms with Crippen molar-refractivity contribution in [2.24, 2.45) is 5.41 Å².